The van der Waals surface area contributed by atoms with Crippen LogP contribution in [0.3, 0.4) is 0 Å². The van der Waals surface area contributed by atoms with Gasteiger partial charge in [-0.3, -0.25) is 9.36 Å². The number of carbonyl (C=O) groups is 1. The number of nitrogens with one attached hydrogen (secondary N) is 1. The molecular weight excluding hydrogens is 381 g/mol. The first-order chi connectivity index (χ1) is 12.8. The Kier molecular flexibility index (Phi) is 5.56. The second-order valence-corrected chi connectivity index (χ2v) is 7.22. The average molecular weight is 398 g/mol. The Morgan fingerprint density at radius 3 is 2.70 bits per heavy atom. The summed E-state index contributed by atoms with van der Waals surface area (Å²) >= 11 is 0. The van der Waals surface area contributed by atoms with Crippen LogP contribution < -0.4 is 20.2 Å². The van der Waals surface area contributed by atoms with E-state index in [0.29, 0.717) is 0 Å². The lowest BCUT2D eigenvalue weighted by Gasteiger charge is -2.26. The van der Waals surface area contributed by atoms with Crippen LogP contribution in [-0.2, 0) is 9.30 Å². The maximum absolute atomic E-state index is 12.0. The van der Waals surface area contributed by atoms with Crippen molar-refractivity contribution in [3.8, 4) is 5.75 Å². The summed E-state index contributed by atoms with van der Waals surface area (Å²) < 4.78 is 23.3. The molecule has 12 nitrogen and oxygen atoms in total. The zero-order chi connectivity index (χ0) is 19.6. The maximum atomic E-state index is 12.0. The highest BCUT2D eigenvalue weighted by Crippen LogP contribution is 2.35. The Labute approximate surface area is 153 Å². The van der Waals surface area contributed by atoms with Gasteiger partial charge in [0, 0.05) is 6.54 Å². The molecule has 2 heterocycles. The number of rotatable bonds is 7. The summed E-state index contributed by atoms with van der Waals surface area (Å²) in [4.78, 5) is 26.7. The van der Waals surface area contributed by atoms with Gasteiger partial charge in [0.2, 0.25) is 5.82 Å². The number of carbonyl (C=O) groups excluding carboxylic acids is 1. The number of aromatic nitrogens is 3. The molecule has 13 heteroatoms. The number of nitrogens with zero attached hydrogens (tertiary/aromatic N) is 3. The second kappa shape index (κ2) is 7.72. The summed E-state index contributed by atoms with van der Waals surface area (Å²) in [5.41, 5.74) is 5.05. The number of nitrogens with two attached hydrogens (primary N) is 1. The van der Waals surface area contributed by atoms with Crippen molar-refractivity contribution in [1.29, 1.82) is 0 Å². The highest BCUT2D eigenvalue weighted by molar-refractivity contribution is 7.49. The summed E-state index contributed by atoms with van der Waals surface area (Å²) in [7, 11) is -4.48. The highest BCUT2D eigenvalue weighted by atomic mass is 31.2. The number of primary amides is 1. The van der Waals surface area contributed by atoms with E-state index in [9.17, 15) is 24.5 Å². The van der Waals surface area contributed by atoms with Crippen LogP contribution in [0.2, 0.25) is 0 Å². The van der Waals surface area contributed by atoms with Crippen molar-refractivity contribution in [1.82, 2.24) is 19.9 Å². The summed E-state index contributed by atoms with van der Waals surface area (Å²) in [6.45, 7) is -0.361. The van der Waals surface area contributed by atoms with Gasteiger partial charge in [-0.2, -0.15) is 0 Å². The lowest BCUT2D eigenvalue weighted by Crippen LogP contribution is -2.38. The van der Waals surface area contributed by atoms with Crippen molar-refractivity contribution >= 4 is 13.7 Å². The predicted molar refractivity (Wildman–Crippen MR) is 87.1 cm³/mol. The number of aliphatic hydroxyl groups excluding tert-OH is 2. The first kappa shape index (κ1) is 19.4. The Balaban J connectivity index is 1.62. The van der Waals surface area contributed by atoms with Gasteiger partial charge in [0.15, 0.2) is 6.23 Å². The Morgan fingerprint density at radius 2 is 2.07 bits per heavy atom. The third-order valence-corrected chi connectivity index (χ3v) is 4.80. The normalized spacial score (nSPS) is 27.2. The SMILES string of the molecule is NC(=O)c1ncn(C2O[C@H](CNP(=O)([O-])Oc3ccccc3)[C@@H](O)[C@H]2O)n1. The minimum absolute atomic E-state index is 0.121. The van der Waals surface area contributed by atoms with E-state index in [1.54, 1.807) is 18.2 Å². The molecule has 5 N–H and O–H groups in total. The summed E-state index contributed by atoms with van der Waals surface area (Å²) in [6.07, 6.45) is -4.00. The van der Waals surface area contributed by atoms with E-state index >= 15 is 0 Å². The number of aliphatic hydroxyl groups is 2. The Bertz CT molecular complexity index is 847. The lowest BCUT2D eigenvalue weighted by atomic mass is 10.1. The first-order valence-corrected chi connectivity index (χ1v) is 9.34. The molecular formula is C14H17N5O7P-. The molecule has 1 aliphatic rings. The largest absolute Gasteiger partial charge is 0.756 e. The molecule has 0 saturated carbocycles. The fraction of sp³-hybridized carbons (Fsp3) is 0.357. The highest BCUT2D eigenvalue weighted by Gasteiger charge is 2.44. The van der Waals surface area contributed by atoms with Crippen LogP contribution in [0.15, 0.2) is 36.7 Å². The average Bonchev–Trinajstić information content (AvgIpc) is 3.21. The van der Waals surface area contributed by atoms with Crippen molar-refractivity contribution in [3.63, 3.8) is 0 Å². The molecule has 3 rings (SSSR count). The standard InChI is InChI=1S/C14H18N5O7P/c15-12(22)13-16-7-19(18-13)14-11(21)10(20)9(25-14)6-17-27(23,24)26-8-4-2-1-3-5-8/h1-5,7,9-11,14,20-21H,6H2,(H2,15,22)(H2,17,23,24)/p-1/t9-,10-,11-,14?/m1/s1. The van der Waals surface area contributed by atoms with Crippen molar-refractivity contribution in [2.45, 2.75) is 24.5 Å². The lowest BCUT2D eigenvalue weighted by molar-refractivity contribution is -0.195. The first-order valence-electron chi connectivity index (χ1n) is 7.80. The van der Waals surface area contributed by atoms with Gasteiger partial charge in [0.1, 0.15) is 30.4 Å². The second-order valence-electron chi connectivity index (χ2n) is 5.72. The molecule has 2 aromatic rings. The minimum Gasteiger partial charge on any atom is -0.756 e. The molecule has 0 aliphatic carbocycles. The van der Waals surface area contributed by atoms with Gasteiger partial charge in [0.25, 0.3) is 13.7 Å². The van der Waals surface area contributed by atoms with E-state index in [0.717, 1.165) is 11.0 Å². The van der Waals surface area contributed by atoms with E-state index in [-0.39, 0.29) is 18.1 Å². The summed E-state index contributed by atoms with van der Waals surface area (Å²) in [5, 5.41) is 26.1. The molecule has 1 aromatic carbocycles. The summed E-state index contributed by atoms with van der Waals surface area (Å²) in [5.74, 6) is -1.04. The number of hydrogen-bond acceptors (Lipinski definition) is 9. The van der Waals surface area contributed by atoms with E-state index in [4.69, 9.17) is 15.0 Å². The molecule has 0 radical (unpaired) electrons. The van der Waals surface area contributed by atoms with Gasteiger partial charge in [0.05, 0.1) is 0 Å². The molecule has 27 heavy (non-hydrogen) atoms. The van der Waals surface area contributed by atoms with Gasteiger partial charge >= 0.3 is 0 Å². The van der Waals surface area contributed by atoms with Crippen LogP contribution in [-0.4, -0.2) is 55.7 Å². The Hall–Kier alpha value is -2.34. The number of amides is 1. The zero-order valence-electron chi connectivity index (χ0n) is 13.8. The van der Waals surface area contributed by atoms with E-state index in [1.807, 2.05) is 0 Å². The molecule has 1 aromatic heterocycles. The van der Waals surface area contributed by atoms with Gasteiger partial charge in [-0.05, 0) is 12.1 Å². The fourth-order valence-corrected chi connectivity index (χ4v) is 3.35. The smallest absolute Gasteiger partial charge is 0.288 e. The van der Waals surface area contributed by atoms with Crippen molar-refractivity contribution in [3.05, 3.63) is 42.5 Å². The number of benzene rings is 1. The van der Waals surface area contributed by atoms with E-state index in [2.05, 4.69) is 15.2 Å². The zero-order valence-corrected chi connectivity index (χ0v) is 14.7. The fourth-order valence-electron chi connectivity index (χ4n) is 2.48. The number of ether oxygens (including phenoxy) is 1. The topological polar surface area (TPSA) is 185 Å². The Morgan fingerprint density at radius 1 is 1.37 bits per heavy atom. The van der Waals surface area contributed by atoms with E-state index in [1.165, 1.54) is 12.1 Å². The monoisotopic (exact) mass is 398 g/mol. The summed E-state index contributed by atoms with van der Waals surface area (Å²) in [6, 6.07) is 7.85. The van der Waals surface area contributed by atoms with Crippen LogP contribution in [0.25, 0.3) is 0 Å². The van der Waals surface area contributed by atoms with Crippen LogP contribution in [0.1, 0.15) is 16.8 Å². The van der Waals surface area contributed by atoms with Crippen molar-refractivity contribution in [2.24, 2.45) is 5.73 Å². The van der Waals surface area contributed by atoms with Crippen molar-refractivity contribution in [2.75, 3.05) is 6.54 Å². The van der Waals surface area contributed by atoms with Gasteiger partial charge in [-0.25, -0.2) is 14.8 Å². The molecule has 1 amide bonds. The van der Waals surface area contributed by atoms with Crippen LogP contribution >= 0.6 is 7.75 Å². The molecule has 0 bridgehead atoms. The molecule has 146 valence electrons. The molecule has 2 unspecified atom stereocenters. The quantitative estimate of drug-likeness (QED) is 0.385. The molecule has 1 aliphatic heterocycles. The van der Waals surface area contributed by atoms with Gasteiger partial charge < -0.3 is 30.1 Å². The maximum Gasteiger partial charge on any atom is 0.288 e. The van der Waals surface area contributed by atoms with Crippen molar-refractivity contribution < 1.29 is 33.7 Å². The van der Waals surface area contributed by atoms with Gasteiger partial charge in [-0.15, -0.1) is 5.10 Å². The molecule has 0 spiro atoms. The van der Waals surface area contributed by atoms with Crippen LogP contribution in [0.4, 0.5) is 0 Å². The minimum atomic E-state index is -4.48. The van der Waals surface area contributed by atoms with E-state index < -0.39 is 38.2 Å². The van der Waals surface area contributed by atoms with Gasteiger partial charge in [-0.1, -0.05) is 18.2 Å². The molecule has 1 fully saturated rings. The molecule has 5 atom stereocenters. The molecule has 1 saturated heterocycles. The van der Waals surface area contributed by atoms with Crippen LogP contribution in [0, 0.1) is 0 Å². The van der Waals surface area contributed by atoms with Crippen LogP contribution in [0.5, 0.6) is 5.75 Å². The third-order valence-electron chi connectivity index (χ3n) is 3.78. The third kappa shape index (κ3) is 4.50. The number of para-hydroxylation sites is 1. The number of hydrogen-bond donors (Lipinski definition) is 4. The predicted octanol–water partition coefficient (Wildman–Crippen LogP) is -1.87.